The molecule has 0 saturated carbocycles. The van der Waals surface area contributed by atoms with Crippen LogP contribution in [-0.4, -0.2) is 51.4 Å². The summed E-state index contributed by atoms with van der Waals surface area (Å²) in [5.74, 6) is 1.77. The van der Waals surface area contributed by atoms with E-state index in [9.17, 15) is 4.79 Å². The van der Waals surface area contributed by atoms with Gasteiger partial charge in [0.25, 0.3) is 0 Å². The molecule has 0 fully saturated rings. The van der Waals surface area contributed by atoms with E-state index >= 15 is 0 Å². The third kappa shape index (κ3) is 10.6. The monoisotopic (exact) mass is 507 g/mol. The van der Waals surface area contributed by atoms with Crippen molar-refractivity contribution >= 4 is 35.9 Å². The molecule has 0 spiro atoms. The van der Waals surface area contributed by atoms with Crippen LogP contribution in [0.5, 0.6) is 11.5 Å². The summed E-state index contributed by atoms with van der Waals surface area (Å²) >= 11 is 0. The van der Waals surface area contributed by atoms with Gasteiger partial charge in [0, 0.05) is 13.6 Å². The highest BCUT2D eigenvalue weighted by atomic mass is 127. The molecule has 0 aliphatic rings. The maximum Gasteiger partial charge on any atom is 0.325 e. The molecule has 28 heavy (non-hydrogen) atoms. The molecule has 0 radical (unpaired) electrons. The topological polar surface area (TPSA) is 81.2 Å². The number of guanidine groups is 1. The van der Waals surface area contributed by atoms with Crippen molar-refractivity contribution < 1.29 is 19.0 Å². The van der Waals surface area contributed by atoms with Gasteiger partial charge in [0.2, 0.25) is 0 Å². The van der Waals surface area contributed by atoms with Crippen LogP contribution in [0.3, 0.4) is 0 Å². The lowest BCUT2D eigenvalue weighted by atomic mass is 10.1. The molecule has 0 aliphatic carbocycles. The van der Waals surface area contributed by atoms with Gasteiger partial charge in [-0.1, -0.05) is 6.07 Å². The minimum absolute atomic E-state index is 0. The van der Waals surface area contributed by atoms with Crippen molar-refractivity contribution in [2.45, 2.75) is 46.1 Å². The number of halogens is 1. The number of benzene rings is 1. The second kappa shape index (κ2) is 13.5. The Kier molecular flexibility index (Phi) is 12.6. The Morgan fingerprint density at radius 2 is 1.89 bits per heavy atom. The predicted octanol–water partition coefficient (Wildman–Crippen LogP) is 3.15. The molecule has 0 amide bonds. The fraction of sp³-hybridized carbons (Fsp3) is 0.600. The smallest absolute Gasteiger partial charge is 0.325 e. The van der Waals surface area contributed by atoms with Crippen molar-refractivity contribution in [3.8, 4) is 11.5 Å². The molecular formula is C20H34IN3O4. The first-order valence-electron chi connectivity index (χ1n) is 9.25. The van der Waals surface area contributed by atoms with Gasteiger partial charge in [-0.15, -0.1) is 24.0 Å². The number of aryl methyl sites for hydroxylation is 1. The van der Waals surface area contributed by atoms with Gasteiger partial charge in [0.05, 0.1) is 13.7 Å². The first kappa shape index (κ1) is 26.3. The first-order valence-corrected chi connectivity index (χ1v) is 9.25. The van der Waals surface area contributed by atoms with Crippen LogP contribution in [-0.2, 0) is 16.0 Å². The van der Waals surface area contributed by atoms with E-state index in [0.29, 0.717) is 12.6 Å². The number of hydrogen-bond acceptors (Lipinski definition) is 5. The number of nitrogens with zero attached hydrogens (tertiary/aromatic N) is 1. The Labute approximate surface area is 185 Å². The van der Waals surface area contributed by atoms with Gasteiger partial charge in [-0.05, 0) is 58.2 Å². The molecule has 0 aliphatic heterocycles. The number of rotatable bonds is 9. The number of methoxy groups -OCH3 is 1. The van der Waals surface area contributed by atoms with E-state index in [4.69, 9.17) is 14.2 Å². The Balaban J connectivity index is 0.00000729. The van der Waals surface area contributed by atoms with Gasteiger partial charge in [-0.2, -0.15) is 0 Å². The molecule has 8 heteroatoms. The summed E-state index contributed by atoms with van der Waals surface area (Å²) in [7, 11) is 3.31. The quantitative estimate of drug-likeness (QED) is 0.176. The van der Waals surface area contributed by atoms with Crippen LogP contribution >= 0.6 is 24.0 Å². The van der Waals surface area contributed by atoms with Gasteiger partial charge >= 0.3 is 5.97 Å². The zero-order chi connectivity index (χ0) is 20.3. The number of carbonyl (C=O) groups excluding carboxylic acids is 1. The molecule has 0 saturated heterocycles. The molecule has 0 unspecified atom stereocenters. The average molecular weight is 507 g/mol. The fourth-order valence-electron chi connectivity index (χ4n) is 2.40. The minimum Gasteiger partial charge on any atom is -0.493 e. The zero-order valence-electron chi connectivity index (χ0n) is 17.8. The highest BCUT2D eigenvalue weighted by molar-refractivity contribution is 14.0. The number of hydrogen-bond donors (Lipinski definition) is 2. The average Bonchev–Trinajstić information content (AvgIpc) is 2.60. The second-order valence-corrected chi connectivity index (χ2v) is 6.96. The maximum atomic E-state index is 11.7. The normalized spacial score (nSPS) is 11.3. The van der Waals surface area contributed by atoms with E-state index in [0.717, 1.165) is 30.9 Å². The summed E-state index contributed by atoms with van der Waals surface area (Å²) in [6, 6.07) is 5.98. The molecule has 7 nitrogen and oxygen atoms in total. The number of esters is 1. The molecular weight excluding hydrogens is 473 g/mol. The maximum absolute atomic E-state index is 11.7. The molecule has 2 N–H and O–H groups in total. The Hall–Kier alpha value is -1.71. The van der Waals surface area contributed by atoms with E-state index in [1.807, 2.05) is 45.9 Å². The highest BCUT2D eigenvalue weighted by Gasteiger charge is 2.16. The molecule has 1 aromatic rings. The third-order valence-corrected chi connectivity index (χ3v) is 3.51. The van der Waals surface area contributed by atoms with E-state index in [1.165, 1.54) is 5.56 Å². The summed E-state index contributed by atoms with van der Waals surface area (Å²) in [5.41, 5.74) is 0.687. The van der Waals surface area contributed by atoms with Crippen LogP contribution < -0.4 is 20.1 Å². The summed E-state index contributed by atoms with van der Waals surface area (Å²) in [5, 5.41) is 6.15. The highest BCUT2D eigenvalue weighted by Crippen LogP contribution is 2.28. The van der Waals surface area contributed by atoms with Gasteiger partial charge in [0.1, 0.15) is 12.1 Å². The van der Waals surface area contributed by atoms with Crippen molar-refractivity contribution in [3.63, 3.8) is 0 Å². The lowest BCUT2D eigenvalue weighted by Gasteiger charge is -2.20. The second-order valence-electron chi connectivity index (χ2n) is 6.96. The zero-order valence-corrected chi connectivity index (χ0v) is 20.1. The molecule has 1 rings (SSSR count). The Morgan fingerprint density at radius 3 is 2.46 bits per heavy atom. The number of nitrogens with one attached hydrogen (secondary N) is 2. The lowest BCUT2D eigenvalue weighted by molar-refractivity contribution is -0.153. The molecule has 0 bridgehead atoms. The van der Waals surface area contributed by atoms with Crippen LogP contribution in [0.1, 0.15) is 39.7 Å². The van der Waals surface area contributed by atoms with E-state index in [1.54, 1.807) is 14.2 Å². The number of carbonyl (C=O) groups is 1. The molecule has 1 aromatic carbocycles. The van der Waals surface area contributed by atoms with Crippen LogP contribution in [0.4, 0.5) is 0 Å². The van der Waals surface area contributed by atoms with Gasteiger partial charge in [-0.25, -0.2) is 0 Å². The van der Waals surface area contributed by atoms with E-state index in [2.05, 4.69) is 15.6 Å². The van der Waals surface area contributed by atoms with Gasteiger partial charge < -0.3 is 24.8 Å². The summed E-state index contributed by atoms with van der Waals surface area (Å²) < 4.78 is 16.2. The largest absolute Gasteiger partial charge is 0.493 e. The molecule has 0 heterocycles. The van der Waals surface area contributed by atoms with E-state index in [-0.39, 0.29) is 36.5 Å². The van der Waals surface area contributed by atoms with Crippen LogP contribution in [0, 0.1) is 0 Å². The van der Waals surface area contributed by atoms with Gasteiger partial charge in [0.15, 0.2) is 17.5 Å². The predicted molar refractivity (Wildman–Crippen MR) is 123 cm³/mol. The van der Waals surface area contributed by atoms with E-state index < -0.39 is 5.60 Å². The third-order valence-electron chi connectivity index (χ3n) is 3.51. The van der Waals surface area contributed by atoms with Crippen molar-refractivity contribution in [2.24, 2.45) is 4.99 Å². The Morgan fingerprint density at radius 1 is 1.18 bits per heavy atom. The summed E-state index contributed by atoms with van der Waals surface area (Å²) in [4.78, 5) is 15.9. The summed E-state index contributed by atoms with van der Waals surface area (Å²) in [6.07, 6.45) is 1.80. The molecule has 0 aromatic heterocycles. The lowest BCUT2D eigenvalue weighted by Crippen LogP contribution is -2.42. The minimum atomic E-state index is -0.492. The fourth-order valence-corrected chi connectivity index (χ4v) is 2.40. The van der Waals surface area contributed by atoms with Crippen molar-refractivity contribution in [2.75, 3.05) is 33.9 Å². The van der Waals surface area contributed by atoms with Gasteiger partial charge in [-0.3, -0.25) is 9.79 Å². The molecule has 0 atom stereocenters. The van der Waals surface area contributed by atoms with Crippen molar-refractivity contribution in [1.29, 1.82) is 0 Å². The first-order chi connectivity index (χ1) is 12.8. The SMILES string of the molecule is CCOc1cc(CCCNC(=NC)NCC(=O)OC(C)(C)C)ccc1OC.I. The summed E-state index contributed by atoms with van der Waals surface area (Å²) in [6.45, 7) is 8.88. The van der Waals surface area contributed by atoms with Crippen molar-refractivity contribution in [3.05, 3.63) is 23.8 Å². The van der Waals surface area contributed by atoms with Crippen LogP contribution in [0.2, 0.25) is 0 Å². The standard InChI is InChI=1S/C20H33N3O4.HI/c1-7-26-17-13-15(10-11-16(17)25-6)9-8-12-22-19(21-5)23-14-18(24)27-20(2,3)4;/h10-11,13H,7-9,12,14H2,1-6H3,(H2,21,22,23);1H. The van der Waals surface area contributed by atoms with Crippen LogP contribution in [0.15, 0.2) is 23.2 Å². The number of aliphatic imine (C=N–C) groups is 1. The molecule has 160 valence electrons. The number of ether oxygens (including phenoxy) is 3. The van der Waals surface area contributed by atoms with Crippen molar-refractivity contribution in [1.82, 2.24) is 10.6 Å². The van der Waals surface area contributed by atoms with Crippen LogP contribution in [0.25, 0.3) is 0 Å². The Bertz CT molecular complexity index is 630.